The number of hydrogen-bond donors (Lipinski definition) is 1. The van der Waals surface area contributed by atoms with Gasteiger partial charge in [0.05, 0.1) is 11.2 Å². The molecule has 1 amide bonds. The second-order valence-electron chi connectivity index (χ2n) is 6.73. The van der Waals surface area contributed by atoms with Gasteiger partial charge in [0.1, 0.15) is 6.10 Å². The fourth-order valence-electron chi connectivity index (χ4n) is 3.56. The minimum Gasteiger partial charge on any atom is -0.368 e. The number of carbonyl (C=O) groups excluding carboxylic acids is 2. The molecule has 1 aromatic heterocycles. The molecule has 27 heavy (non-hydrogen) atoms. The molecule has 5 heteroatoms. The Hall–Kier alpha value is -3.05. The number of benzene rings is 2. The quantitative estimate of drug-likeness (QED) is 0.716. The van der Waals surface area contributed by atoms with Crippen molar-refractivity contribution in [3.63, 3.8) is 0 Å². The molecule has 0 aliphatic carbocycles. The number of ether oxygens (including phenoxy) is 1. The summed E-state index contributed by atoms with van der Waals surface area (Å²) in [6.07, 6.45) is 1.92. The normalized spacial score (nSPS) is 19.1. The number of ketones is 1. The Bertz CT molecular complexity index is 993. The van der Waals surface area contributed by atoms with Crippen molar-refractivity contribution in [1.29, 1.82) is 0 Å². The average Bonchev–Trinajstić information content (AvgIpc) is 3.18. The van der Waals surface area contributed by atoms with Crippen molar-refractivity contribution in [2.45, 2.75) is 25.4 Å². The van der Waals surface area contributed by atoms with Crippen molar-refractivity contribution in [2.24, 2.45) is 0 Å². The Morgan fingerprint density at radius 1 is 1.07 bits per heavy atom. The molecule has 5 nitrogen and oxygen atoms in total. The van der Waals surface area contributed by atoms with Crippen LogP contribution >= 0.6 is 0 Å². The summed E-state index contributed by atoms with van der Waals surface area (Å²) in [5, 5.41) is 3.95. The van der Waals surface area contributed by atoms with Crippen molar-refractivity contribution >= 4 is 28.3 Å². The number of pyridine rings is 1. The van der Waals surface area contributed by atoms with Gasteiger partial charge in [0.15, 0.2) is 5.78 Å². The van der Waals surface area contributed by atoms with Gasteiger partial charge in [-0.2, -0.15) is 0 Å². The lowest BCUT2D eigenvalue weighted by Gasteiger charge is -2.19. The van der Waals surface area contributed by atoms with Crippen LogP contribution in [0.25, 0.3) is 10.9 Å². The van der Waals surface area contributed by atoms with E-state index in [1.807, 2.05) is 42.5 Å². The number of amides is 1. The highest BCUT2D eigenvalue weighted by Gasteiger charge is 2.35. The molecule has 1 fully saturated rings. The molecule has 1 aliphatic rings. The second kappa shape index (κ2) is 7.29. The minimum absolute atomic E-state index is 0.0296. The van der Waals surface area contributed by atoms with Crippen molar-refractivity contribution in [3.05, 3.63) is 71.9 Å². The van der Waals surface area contributed by atoms with Crippen LogP contribution in [-0.2, 0) is 9.53 Å². The summed E-state index contributed by atoms with van der Waals surface area (Å²) < 4.78 is 5.74. The van der Waals surface area contributed by atoms with Gasteiger partial charge in [0, 0.05) is 29.7 Å². The van der Waals surface area contributed by atoms with Gasteiger partial charge in [-0.3, -0.25) is 14.6 Å². The Morgan fingerprint density at radius 2 is 1.85 bits per heavy atom. The summed E-state index contributed by atoms with van der Waals surface area (Å²) in [5.74, 6) is -0.179. The smallest absolute Gasteiger partial charge is 0.254 e. The number of nitrogens with zero attached hydrogens (tertiary/aromatic N) is 1. The molecule has 2 aromatic carbocycles. The van der Waals surface area contributed by atoms with Gasteiger partial charge < -0.3 is 10.1 Å². The summed E-state index contributed by atoms with van der Waals surface area (Å²) in [5.41, 5.74) is 3.11. The lowest BCUT2D eigenvalue weighted by Crippen LogP contribution is -2.31. The van der Waals surface area contributed by atoms with Crippen LogP contribution in [-0.4, -0.2) is 29.4 Å². The Labute approximate surface area is 157 Å². The number of aromatic nitrogens is 1. The molecule has 4 rings (SSSR count). The molecule has 3 aromatic rings. The monoisotopic (exact) mass is 360 g/mol. The topological polar surface area (TPSA) is 68.3 Å². The van der Waals surface area contributed by atoms with E-state index in [2.05, 4.69) is 10.3 Å². The third-order valence-electron chi connectivity index (χ3n) is 4.99. The van der Waals surface area contributed by atoms with Gasteiger partial charge in [-0.1, -0.05) is 42.5 Å². The number of fused-ring (bicyclic) bond motifs is 1. The number of rotatable bonds is 4. The average molecular weight is 360 g/mol. The molecule has 1 saturated heterocycles. The maximum absolute atomic E-state index is 12.9. The fraction of sp³-hybridized carbons (Fsp3) is 0.227. The van der Waals surface area contributed by atoms with Crippen molar-refractivity contribution in [1.82, 2.24) is 4.98 Å². The molecule has 0 radical (unpaired) electrons. The highest BCUT2D eigenvalue weighted by atomic mass is 16.5. The molecule has 0 bridgehead atoms. The Kier molecular flexibility index (Phi) is 4.69. The standard InChI is InChI=1S/C22H20N2O3/c1-14(25)15-7-9-16(10-8-15)18-11-13-27-21(18)22(26)24-19-6-2-4-17-5-3-12-23-20(17)19/h2-10,12,18,21H,11,13H2,1H3,(H,24,26)/t18-,21-/m0/s1. The van der Waals surface area contributed by atoms with Gasteiger partial charge in [-0.15, -0.1) is 0 Å². The first-order valence-corrected chi connectivity index (χ1v) is 9.00. The van der Waals surface area contributed by atoms with Crippen LogP contribution in [0.15, 0.2) is 60.8 Å². The SMILES string of the molecule is CC(=O)c1ccc([C@@H]2CCO[C@@H]2C(=O)Nc2cccc3cccnc23)cc1. The lowest BCUT2D eigenvalue weighted by molar-refractivity contribution is -0.125. The van der Waals surface area contributed by atoms with E-state index < -0.39 is 6.10 Å². The van der Waals surface area contributed by atoms with E-state index >= 15 is 0 Å². The third kappa shape index (κ3) is 3.46. The number of nitrogens with one attached hydrogen (secondary N) is 1. The molecular formula is C22H20N2O3. The van der Waals surface area contributed by atoms with Crippen molar-refractivity contribution in [3.8, 4) is 0 Å². The zero-order chi connectivity index (χ0) is 18.8. The first-order valence-electron chi connectivity index (χ1n) is 9.00. The summed E-state index contributed by atoms with van der Waals surface area (Å²) in [6, 6.07) is 17.0. The van der Waals surface area contributed by atoms with Crippen LogP contribution in [0.2, 0.25) is 0 Å². The molecule has 2 heterocycles. The first kappa shape index (κ1) is 17.4. The van der Waals surface area contributed by atoms with E-state index in [9.17, 15) is 9.59 Å². The summed E-state index contributed by atoms with van der Waals surface area (Å²) in [4.78, 5) is 28.7. The van der Waals surface area contributed by atoms with E-state index in [0.717, 1.165) is 22.9 Å². The molecular weight excluding hydrogens is 340 g/mol. The van der Waals surface area contributed by atoms with Gasteiger partial charge in [-0.05, 0) is 31.0 Å². The van der Waals surface area contributed by atoms with E-state index in [4.69, 9.17) is 4.74 Å². The third-order valence-corrected chi connectivity index (χ3v) is 4.99. The number of carbonyl (C=O) groups is 2. The lowest BCUT2D eigenvalue weighted by atomic mass is 9.91. The van der Waals surface area contributed by atoms with Crippen molar-refractivity contribution < 1.29 is 14.3 Å². The van der Waals surface area contributed by atoms with Crippen LogP contribution in [0.3, 0.4) is 0 Å². The van der Waals surface area contributed by atoms with Crippen molar-refractivity contribution in [2.75, 3.05) is 11.9 Å². The van der Waals surface area contributed by atoms with Gasteiger partial charge in [-0.25, -0.2) is 0 Å². The molecule has 2 atom stereocenters. The molecule has 0 saturated carbocycles. The molecule has 136 valence electrons. The Balaban J connectivity index is 1.56. The predicted octanol–water partition coefficient (Wildman–Crippen LogP) is 3.95. The Morgan fingerprint density at radius 3 is 2.63 bits per heavy atom. The number of para-hydroxylation sites is 1. The summed E-state index contributed by atoms with van der Waals surface area (Å²) in [6.45, 7) is 2.08. The number of Topliss-reactive ketones (excluding diaryl/α,β-unsaturated/α-hetero) is 1. The van der Waals surface area contributed by atoms with E-state index in [0.29, 0.717) is 17.9 Å². The first-order chi connectivity index (χ1) is 13.1. The van der Waals surface area contributed by atoms with E-state index in [1.165, 1.54) is 0 Å². The molecule has 0 spiro atoms. The van der Waals surface area contributed by atoms with Crippen LogP contribution in [0.4, 0.5) is 5.69 Å². The summed E-state index contributed by atoms with van der Waals surface area (Å²) >= 11 is 0. The summed E-state index contributed by atoms with van der Waals surface area (Å²) in [7, 11) is 0. The zero-order valence-corrected chi connectivity index (χ0v) is 15.0. The van der Waals surface area contributed by atoms with Gasteiger partial charge in [0.2, 0.25) is 0 Å². The molecule has 0 unspecified atom stereocenters. The highest BCUT2D eigenvalue weighted by molar-refractivity contribution is 6.02. The second-order valence-corrected chi connectivity index (χ2v) is 6.73. The maximum atomic E-state index is 12.9. The van der Waals surface area contributed by atoms with E-state index in [1.54, 1.807) is 25.3 Å². The largest absolute Gasteiger partial charge is 0.368 e. The number of hydrogen-bond acceptors (Lipinski definition) is 4. The fourth-order valence-corrected chi connectivity index (χ4v) is 3.56. The predicted molar refractivity (Wildman–Crippen MR) is 104 cm³/mol. The van der Waals surface area contributed by atoms with Gasteiger partial charge in [0.25, 0.3) is 5.91 Å². The van der Waals surface area contributed by atoms with Crippen LogP contribution in [0.5, 0.6) is 0 Å². The van der Waals surface area contributed by atoms with E-state index in [-0.39, 0.29) is 17.6 Å². The van der Waals surface area contributed by atoms with Crippen LogP contribution < -0.4 is 5.32 Å². The van der Waals surface area contributed by atoms with Crippen LogP contribution in [0, 0.1) is 0 Å². The highest BCUT2D eigenvalue weighted by Crippen LogP contribution is 2.33. The zero-order valence-electron chi connectivity index (χ0n) is 15.0. The minimum atomic E-state index is -0.563. The van der Waals surface area contributed by atoms with Crippen LogP contribution in [0.1, 0.15) is 35.2 Å². The maximum Gasteiger partial charge on any atom is 0.254 e. The molecule has 1 aliphatic heterocycles. The molecule has 1 N–H and O–H groups in total. The number of anilines is 1. The van der Waals surface area contributed by atoms with Gasteiger partial charge >= 0.3 is 0 Å².